The average molecular weight is 277 g/mol. The molecule has 0 aromatic heterocycles. The Morgan fingerprint density at radius 1 is 1.00 bits per heavy atom. The SMILES string of the molecule is CCCCC1CCC(N2C(=O)C=CC2=O)C1CCCC. The summed E-state index contributed by atoms with van der Waals surface area (Å²) in [4.78, 5) is 25.4. The summed E-state index contributed by atoms with van der Waals surface area (Å²) in [7, 11) is 0. The van der Waals surface area contributed by atoms with E-state index in [0.717, 1.165) is 12.8 Å². The monoisotopic (exact) mass is 277 g/mol. The van der Waals surface area contributed by atoms with E-state index in [0.29, 0.717) is 11.8 Å². The van der Waals surface area contributed by atoms with Crippen molar-refractivity contribution in [2.24, 2.45) is 11.8 Å². The third-order valence-corrected chi connectivity index (χ3v) is 4.93. The summed E-state index contributed by atoms with van der Waals surface area (Å²) < 4.78 is 0. The summed E-state index contributed by atoms with van der Waals surface area (Å²) in [6.45, 7) is 4.43. The van der Waals surface area contributed by atoms with Crippen molar-refractivity contribution >= 4 is 11.8 Å². The first kappa shape index (κ1) is 15.3. The second-order valence-electron chi connectivity index (χ2n) is 6.23. The Morgan fingerprint density at radius 2 is 1.60 bits per heavy atom. The Labute approximate surface area is 122 Å². The van der Waals surface area contributed by atoms with Crippen LogP contribution in [-0.2, 0) is 9.59 Å². The van der Waals surface area contributed by atoms with Crippen LogP contribution in [-0.4, -0.2) is 22.8 Å². The molecule has 0 N–H and O–H groups in total. The van der Waals surface area contributed by atoms with E-state index in [9.17, 15) is 9.59 Å². The molecule has 3 unspecified atom stereocenters. The molecular formula is C17H27NO2. The van der Waals surface area contributed by atoms with Gasteiger partial charge in [-0.1, -0.05) is 46.0 Å². The van der Waals surface area contributed by atoms with E-state index in [1.165, 1.54) is 55.6 Å². The van der Waals surface area contributed by atoms with Gasteiger partial charge in [0, 0.05) is 18.2 Å². The Bertz CT molecular complexity index is 370. The van der Waals surface area contributed by atoms with Crippen LogP contribution in [0.3, 0.4) is 0 Å². The Kier molecular flexibility index (Phi) is 5.38. The van der Waals surface area contributed by atoms with Gasteiger partial charge in [0.05, 0.1) is 0 Å². The Balaban J connectivity index is 2.06. The second kappa shape index (κ2) is 7.05. The maximum absolute atomic E-state index is 11.9. The van der Waals surface area contributed by atoms with E-state index < -0.39 is 0 Å². The fourth-order valence-electron chi connectivity index (χ4n) is 3.88. The van der Waals surface area contributed by atoms with Crippen LogP contribution in [0.2, 0.25) is 0 Å². The lowest BCUT2D eigenvalue weighted by Crippen LogP contribution is -2.43. The maximum Gasteiger partial charge on any atom is 0.253 e. The first-order valence-electron chi connectivity index (χ1n) is 8.24. The van der Waals surface area contributed by atoms with Gasteiger partial charge in [0.15, 0.2) is 0 Å². The minimum atomic E-state index is -0.0994. The molecule has 1 fully saturated rings. The third-order valence-electron chi connectivity index (χ3n) is 4.93. The number of hydrogen-bond acceptors (Lipinski definition) is 2. The van der Waals surface area contributed by atoms with Crippen molar-refractivity contribution < 1.29 is 9.59 Å². The van der Waals surface area contributed by atoms with Gasteiger partial charge < -0.3 is 0 Å². The van der Waals surface area contributed by atoms with Crippen LogP contribution in [0.15, 0.2) is 12.2 Å². The van der Waals surface area contributed by atoms with Crippen LogP contribution in [0.4, 0.5) is 0 Å². The van der Waals surface area contributed by atoms with Crippen molar-refractivity contribution in [2.75, 3.05) is 0 Å². The van der Waals surface area contributed by atoms with Crippen LogP contribution in [0.25, 0.3) is 0 Å². The van der Waals surface area contributed by atoms with Crippen LogP contribution in [0.1, 0.15) is 65.2 Å². The molecule has 0 spiro atoms. The summed E-state index contributed by atoms with van der Waals surface area (Å²) in [5, 5.41) is 0. The number of carbonyl (C=O) groups excluding carboxylic acids is 2. The Hall–Kier alpha value is -1.12. The molecule has 0 radical (unpaired) electrons. The molecule has 3 nitrogen and oxygen atoms in total. The Morgan fingerprint density at radius 3 is 2.20 bits per heavy atom. The molecule has 1 saturated carbocycles. The molecular weight excluding hydrogens is 250 g/mol. The van der Waals surface area contributed by atoms with Crippen LogP contribution in [0.5, 0.6) is 0 Å². The zero-order valence-corrected chi connectivity index (χ0v) is 12.8. The molecule has 1 aliphatic heterocycles. The smallest absolute Gasteiger partial charge is 0.253 e. The summed E-state index contributed by atoms with van der Waals surface area (Å²) in [6.07, 6.45) is 12.3. The van der Waals surface area contributed by atoms with Gasteiger partial charge in [0.1, 0.15) is 0 Å². The van der Waals surface area contributed by atoms with Gasteiger partial charge in [-0.25, -0.2) is 0 Å². The lowest BCUT2D eigenvalue weighted by Gasteiger charge is -2.30. The molecule has 1 heterocycles. The molecule has 1 aliphatic carbocycles. The van der Waals surface area contributed by atoms with Gasteiger partial charge in [-0.05, 0) is 31.1 Å². The lowest BCUT2D eigenvalue weighted by molar-refractivity contribution is -0.140. The molecule has 2 amide bonds. The molecule has 0 saturated heterocycles. The molecule has 2 aliphatic rings. The predicted octanol–water partition coefficient (Wildman–Crippen LogP) is 3.69. The second-order valence-corrected chi connectivity index (χ2v) is 6.23. The number of unbranched alkanes of at least 4 members (excludes halogenated alkanes) is 2. The van der Waals surface area contributed by atoms with E-state index in [1.807, 2.05) is 0 Å². The lowest BCUT2D eigenvalue weighted by atomic mass is 9.85. The van der Waals surface area contributed by atoms with E-state index >= 15 is 0 Å². The summed E-state index contributed by atoms with van der Waals surface area (Å²) >= 11 is 0. The largest absolute Gasteiger partial charge is 0.272 e. The van der Waals surface area contributed by atoms with E-state index in [-0.39, 0.29) is 17.9 Å². The number of nitrogens with zero attached hydrogens (tertiary/aromatic N) is 1. The molecule has 2 rings (SSSR count). The molecule has 0 aromatic rings. The zero-order chi connectivity index (χ0) is 14.5. The number of imide groups is 1. The molecule has 20 heavy (non-hydrogen) atoms. The molecule has 112 valence electrons. The minimum Gasteiger partial charge on any atom is -0.272 e. The highest BCUT2D eigenvalue weighted by atomic mass is 16.2. The average Bonchev–Trinajstić information content (AvgIpc) is 2.97. The molecule has 0 aromatic carbocycles. The zero-order valence-electron chi connectivity index (χ0n) is 12.8. The molecule has 3 atom stereocenters. The third kappa shape index (κ3) is 3.13. The van der Waals surface area contributed by atoms with Crippen LogP contribution >= 0.6 is 0 Å². The summed E-state index contributed by atoms with van der Waals surface area (Å²) in [5.41, 5.74) is 0. The van der Waals surface area contributed by atoms with Crippen LogP contribution in [0, 0.1) is 11.8 Å². The topological polar surface area (TPSA) is 37.4 Å². The van der Waals surface area contributed by atoms with Crippen molar-refractivity contribution in [1.29, 1.82) is 0 Å². The van der Waals surface area contributed by atoms with Crippen LogP contribution < -0.4 is 0 Å². The van der Waals surface area contributed by atoms with Gasteiger partial charge in [0.25, 0.3) is 11.8 Å². The molecule has 0 bridgehead atoms. The highest BCUT2D eigenvalue weighted by molar-refractivity contribution is 6.13. The predicted molar refractivity (Wildman–Crippen MR) is 80.0 cm³/mol. The van der Waals surface area contributed by atoms with Gasteiger partial charge in [-0.15, -0.1) is 0 Å². The van der Waals surface area contributed by atoms with Crippen molar-refractivity contribution in [2.45, 2.75) is 71.3 Å². The summed E-state index contributed by atoms with van der Waals surface area (Å²) in [5.74, 6) is 1.03. The highest BCUT2D eigenvalue weighted by Gasteiger charge is 2.42. The van der Waals surface area contributed by atoms with E-state index in [4.69, 9.17) is 0 Å². The van der Waals surface area contributed by atoms with Gasteiger partial charge in [0.2, 0.25) is 0 Å². The van der Waals surface area contributed by atoms with Gasteiger partial charge in [-0.3, -0.25) is 14.5 Å². The maximum atomic E-state index is 11.9. The standard InChI is InChI=1S/C17H27NO2/c1-3-5-7-13-9-10-15(14(13)8-6-4-2)18-16(19)11-12-17(18)20/h11-15H,3-10H2,1-2H3. The quantitative estimate of drug-likeness (QED) is 0.666. The molecule has 3 heteroatoms. The van der Waals surface area contributed by atoms with Gasteiger partial charge >= 0.3 is 0 Å². The van der Waals surface area contributed by atoms with Crippen molar-refractivity contribution in [3.05, 3.63) is 12.2 Å². The summed E-state index contributed by atoms with van der Waals surface area (Å²) in [6, 6.07) is 0.151. The number of hydrogen-bond donors (Lipinski definition) is 0. The fraction of sp³-hybridized carbons (Fsp3) is 0.765. The fourth-order valence-corrected chi connectivity index (χ4v) is 3.88. The number of amides is 2. The number of rotatable bonds is 7. The van der Waals surface area contributed by atoms with Crippen molar-refractivity contribution in [1.82, 2.24) is 4.90 Å². The van der Waals surface area contributed by atoms with E-state index in [2.05, 4.69) is 13.8 Å². The minimum absolute atomic E-state index is 0.0994. The number of carbonyl (C=O) groups is 2. The highest BCUT2D eigenvalue weighted by Crippen LogP contribution is 2.42. The van der Waals surface area contributed by atoms with Gasteiger partial charge in [-0.2, -0.15) is 0 Å². The van der Waals surface area contributed by atoms with Crippen molar-refractivity contribution in [3.63, 3.8) is 0 Å². The first-order valence-corrected chi connectivity index (χ1v) is 8.24. The first-order chi connectivity index (χ1) is 9.69. The van der Waals surface area contributed by atoms with Crippen molar-refractivity contribution in [3.8, 4) is 0 Å². The normalized spacial score (nSPS) is 29.7. The van der Waals surface area contributed by atoms with E-state index in [1.54, 1.807) is 0 Å².